The molecule has 0 radical (unpaired) electrons. The SMILES string of the molecule is Cc1cccc(CS(=O)(=O)NCCCC(C)(C)C)c1. The van der Waals surface area contributed by atoms with Crippen molar-refractivity contribution in [3.05, 3.63) is 35.4 Å². The summed E-state index contributed by atoms with van der Waals surface area (Å²) in [5, 5.41) is 0. The number of aryl methyl sites for hydroxylation is 1. The van der Waals surface area contributed by atoms with E-state index < -0.39 is 10.0 Å². The molecule has 0 atom stereocenters. The first-order valence-corrected chi connectivity index (χ1v) is 8.36. The molecule has 0 spiro atoms. The van der Waals surface area contributed by atoms with E-state index >= 15 is 0 Å². The van der Waals surface area contributed by atoms with E-state index in [0.29, 0.717) is 6.54 Å². The van der Waals surface area contributed by atoms with Gasteiger partial charge in [0.2, 0.25) is 10.0 Å². The van der Waals surface area contributed by atoms with E-state index in [9.17, 15) is 8.42 Å². The van der Waals surface area contributed by atoms with Gasteiger partial charge >= 0.3 is 0 Å². The van der Waals surface area contributed by atoms with Crippen molar-refractivity contribution < 1.29 is 8.42 Å². The van der Waals surface area contributed by atoms with Crippen molar-refractivity contribution in [2.45, 2.75) is 46.3 Å². The van der Waals surface area contributed by atoms with E-state index in [-0.39, 0.29) is 11.2 Å². The van der Waals surface area contributed by atoms with Gasteiger partial charge in [-0.25, -0.2) is 13.1 Å². The first kappa shape index (κ1) is 16.2. The highest BCUT2D eigenvalue weighted by Crippen LogP contribution is 2.19. The summed E-state index contributed by atoms with van der Waals surface area (Å²) in [6, 6.07) is 7.61. The Morgan fingerprint density at radius 1 is 1.21 bits per heavy atom. The molecule has 0 bridgehead atoms. The van der Waals surface area contributed by atoms with Gasteiger partial charge in [-0.05, 0) is 30.7 Å². The van der Waals surface area contributed by atoms with Crippen LogP contribution in [0.4, 0.5) is 0 Å². The van der Waals surface area contributed by atoms with Crippen LogP contribution < -0.4 is 4.72 Å². The standard InChI is InChI=1S/C15H25NO2S/c1-13-7-5-8-14(11-13)12-19(17,18)16-10-6-9-15(2,3)4/h5,7-8,11,16H,6,9-10,12H2,1-4H3. The fourth-order valence-electron chi connectivity index (χ4n) is 1.92. The molecule has 0 aliphatic rings. The Balaban J connectivity index is 2.44. The zero-order valence-electron chi connectivity index (χ0n) is 12.4. The summed E-state index contributed by atoms with van der Waals surface area (Å²) in [6.07, 6.45) is 1.89. The van der Waals surface area contributed by atoms with Gasteiger partial charge in [0.25, 0.3) is 0 Å². The van der Waals surface area contributed by atoms with Crippen LogP contribution >= 0.6 is 0 Å². The average Bonchev–Trinajstić information content (AvgIpc) is 2.22. The monoisotopic (exact) mass is 283 g/mol. The van der Waals surface area contributed by atoms with Gasteiger partial charge in [0.15, 0.2) is 0 Å². The molecule has 0 aromatic heterocycles. The van der Waals surface area contributed by atoms with Crippen LogP contribution in [0.2, 0.25) is 0 Å². The molecule has 108 valence electrons. The van der Waals surface area contributed by atoms with E-state index in [4.69, 9.17) is 0 Å². The molecule has 1 aromatic rings. The molecular formula is C15H25NO2S. The predicted molar refractivity (Wildman–Crippen MR) is 80.5 cm³/mol. The largest absolute Gasteiger partial charge is 0.215 e. The highest BCUT2D eigenvalue weighted by Gasteiger charge is 2.13. The molecule has 0 aliphatic carbocycles. The lowest BCUT2D eigenvalue weighted by Gasteiger charge is -2.17. The van der Waals surface area contributed by atoms with Crippen LogP contribution in [0.15, 0.2) is 24.3 Å². The summed E-state index contributed by atoms with van der Waals surface area (Å²) in [5.74, 6) is 0.0597. The molecule has 1 aromatic carbocycles. The topological polar surface area (TPSA) is 46.2 Å². The van der Waals surface area contributed by atoms with Gasteiger partial charge in [-0.1, -0.05) is 50.6 Å². The van der Waals surface area contributed by atoms with E-state index in [2.05, 4.69) is 25.5 Å². The van der Waals surface area contributed by atoms with Crippen molar-refractivity contribution in [2.24, 2.45) is 5.41 Å². The van der Waals surface area contributed by atoms with E-state index in [0.717, 1.165) is 24.0 Å². The van der Waals surface area contributed by atoms with E-state index in [1.165, 1.54) is 0 Å². The molecule has 4 heteroatoms. The van der Waals surface area contributed by atoms with Crippen molar-refractivity contribution in [3.63, 3.8) is 0 Å². The lowest BCUT2D eigenvalue weighted by molar-refractivity contribution is 0.365. The fourth-order valence-corrected chi connectivity index (χ4v) is 3.09. The number of rotatable bonds is 6. The Morgan fingerprint density at radius 2 is 1.89 bits per heavy atom. The zero-order valence-corrected chi connectivity index (χ0v) is 13.2. The third-order valence-corrected chi connectivity index (χ3v) is 4.22. The van der Waals surface area contributed by atoms with Crippen molar-refractivity contribution in [3.8, 4) is 0 Å². The summed E-state index contributed by atoms with van der Waals surface area (Å²) >= 11 is 0. The third kappa shape index (κ3) is 7.33. The van der Waals surface area contributed by atoms with Gasteiger partial charge in [-0.3, -0.25) is 0 Å². The molecule has 1 N–H and O–H groups in total. The van der Waals surface area contributed by atoms with Gasteiger partial charge in [-0.2, -0.15) is 0 Å². The minimum Gasteiger partial charge on any atom is -0.215 e. The minimum absolute atomic E-state index is 0.0597. The van der Waals surface area contributed by atoms with E-state index in [1.54, 1.807) is 0 Å². The fraction of sp³-hybridized carbons (Fsp3) is 0.600. The number of sulfonamides is 1. The Bertz CT molecular complexity index is 501. The molecule has 0 saturated heterocycles. The maximum absolute atomic E-state index is 11.9. The molecule has 19 heavy (non-hydrogen) atoms. The molecule has 0 heterocycles. The average molecular weight is 283 g/mol. The second-order valence-corrected chi connectivity index (χ2v) is 8.11. The zero-order chi connectivity index (χ0) is 14.5. The molecule has 0 fully saturated rings. The second kappa shape index (κ2) is 6.53. The van der Waals surface area contributed by atoms with Crippen LogP contribution in [-0.4, -0.2) is 15.0 Å². The smallest absolute Gasteiger partial charge is 0.215 e. The summed E-state index contributed by atoms with van der Waals surface area (Å²) in [5.41, 5.74) is 2.17. The first-order chi connectivity index (χ1) is 8.68. The van der Waals surface area contributed by atoms with Crippen molar-refractivity contribution in [2.75, 3.05) is 6.54 Å². The number of hydrogen-bond donors (Lipinski definition) is 1. The summed E-state index contributed by atoms with van der Waals surface area (Å²) in [4.78, 5) is 0. The maximum Gasteiger partial charge on any atom is 0.215 e. The molecule has 1 rings (SSSR count). The van der Waals surface area contributed by atoms with Crippen molar-refractivity contribution in [1.82, 2.24) is 4.72 Å². The van der Waals surface area contributed by atoms with Crippen molar-refractivity contribution >= 4 is 10.0 Å². The van der Waals surface area contributed by atoms with Crippen LogP contribution in [0.5, 0.6) is 0 Å². The number of benzene rings is 1. The lowest BCUT2D eigenvalue weighted by atomic mass is 9.91. The van der Waals surface area contributed by atoms with Gasteiger partial charge in [0.1, 0.15) is 0 Å². The van der Waals surface area contributed by atoms with E-state index in [1.807, 2.05) is 31.2 Å². The number of nitrogens with one attached hydrogen (secondary N) is 1. The van der Waals surface area contributed by atoms with Crippen LogP contribution in [0.25, 0.3) is 0 Å². The van der Waals surface area contributed by atoms with Gasteiger partial charge in [-0.15, -0.1) is 0 Å². The number of hydrogen-bond acceptors (Lipinski definition) is 2. The molecule has 3 nitrogen and oxygen atoms in total. The Labute approximate surface area is 117 Å². The van der Waals surface area contributed by atoms with Crippen LogP contribution in [0.1, 0.15) is 44.7 Å². The minimum atomic E-state index is -3.22. The predicted octanol–water partition coefficient (Wildman–Crippen LogP) is 3.24. The van der Waals surface area contributed by atoms with Gasteiger partial charge in [0, 0.05) is 6.54 Å². The summed E-state index contributed by atoms with van der Waals surface area (Å²) in [7, 11) is -3.22. The highest BCUT2D eigenvalue weighted by atomic mass is 32.2. The van der Waals surface area contributed by atoms with Crippen molar-refractivity contribution in [1.29, 1.82) is 0 Å². The van der Waals surface area contributed by atoms with Crippen LogP contribution in [0, 0.1) is 12.3 Å². The normalized spacial score (nSPS) is 12.6. The van der Waals surface area contributed by atoms with Gasteiger partial charge < -0.3 is 0 Å². The lowest BCUT2D eigenvalue weighted by Crippen LogP contribution is -2.26. The Morgan fingerprint density at radius 3 is 2.47 bits per heavy atom. The van der Waals surface area contributed by atoms with Crippen LogP contribution in [-0.2, 0) is 15.8 Å². The third-order valence-electron chi connectivity index (χ3n) is 2.86. The molecule has 0 amide bonds. The highest BCUT2D eigenvalue weighted by molar-refractivity contribution is 7.88. The summed E-state index contributed by atoms with van der Waals surface area (Å²) in [6.45, 7) is 8.97. The maximum atomic E-state index is 11.9. The Kier molecular flexibility index (Phi) is 5.56. The van der Waals surface area contributed by atoms with Gasteiger partial charge in [0.05, 0.1) is 5.75 Å². The molecular weight excluding hydrogens is 258 g/mol. The molecule has 0 aliphatic heterocycles. The summed E-state index contributed by atoms with van der Waals surface area (Å²) < 4.78 is 26.5. The molecule has 0 saturated carbocycles. The second-order valence-electron chi connectivity index (χ2n) is 6.31. The first-order valence-electron chi connectivity index (χ1n) is 6.71. The molecule has 0 unspecified atom stereocenters. The Hall–Kier alpha value is -0.870. The quantitative estimate of drug-likeness (QED) is 0.815. The van der Waals surface area contributed by atoms with Crippen LogP contribution in [0.3, 0.4) is 0 Å².